The van der Waals surface area contributed by atoms with Crippen LogP contribution in [0.5, 0.6) is 0 Å². The first-order valence-electron chi connectivity index (χ1n) is 6.35. The second kappa shape index (κ2) is 8.78. The van der Waals surface area contributed by atoms with Crippen LogP contribution < -0.4 is 11.1 Å². The van der Waals surface area contributed by atoms with Gasteiger partial charge in [-0.1, -0.05) is 0 Å². The number of ether oxygens (including phenoxy) is 1. The molecule has 1 amide bonds. The monoisotopic (exact) mass is 260 g/mol. The third-order valence-corrected chi connectivity index (χ3v) is 3.64. The van der Waals surface area contributed by atoms with Crippen LogP contribution in [0.4, 0.5) is 0 Å². The summed E-state index contributed by atoms with van der Waals surface area (Å²) in [6, 6.07) is 0.362. The van der Waals surface area contributed by atoms with Crippen LogP contribution in [0.15, 0.2) is 0 Å². The third kappa shape index (κ3) is 6.91. The maximum atomic E-state index is 11.3. The van der Waals surface area contributed by atoms with Crippen molar-refractivity contribution in [3.63, 3.8) is 0 Å². The Kier molecular flexibility index (Phi) is 7.64. The van der Waals surface area contributed by atoms with E-state index in [1.807, 2.05) is 6.26 Å². The lowest BCUT2D eigenvalue weighted by atomic mass is 9.94. The molecule has 0 bridgehead atoms. The minimum Gasteiger partial charge on any atom is -0.376 e. The number of carbonyl (C=O) groups is 1. The van der Waals surface area contributed by atoms with Crippen LogP contribution in [0, 0.1) is 0 Å². The molecule has 0 aromatic rings. The van der Waals surface area contributed by atoms with Gasteiger partial charge in [-0.25, -0.2) is 0 Å². The number of thioether (sulfide) groups is 1. The molecule has 1 fully saturated rings. The predicted molar refractivity (Wildman–Crippen MR) is 72.2 cm³/mol. The molecule has 1 aliphatic carbocycles. The highest BCUT2D eigenvalue weighted by atomic mass is 32.2. The van der Waals surface area contributed by atoms with Crippen LogP contribution in [-0.4, -0.2) is 43.2 Å². The largest absolute Gasteiger partial charge is 0.376 e. The lowest BCUT2D eigenvalue weighted by Gasteiger charge is -2.26. The van der Waals surface area contributed by atoms with E-state index in [1.54, 1.807) is 11.8 Å². The quantitative estimate of drug-likeness (QED) is 0.674. The molecule has 3 N–H and O–H groups in total. The smallest absolute Gasteiger partial charge is 0.220 e. The SMILES string of the molecule is CSCCC(=O)NCCOC1CCC(N)CC1. The molecule has 0 aromatic heterocycles. The van der Waals surface area contributed by atoms with E-state index in [0.717, 1.165) is 31.4 Å². The summed E-state index contributed by atoms with van der Waals surface area (Å²) in [6.45, 7) is 1.24. The number of hydrogen-bond donors (Lipinski definition) is 2. The van der Waals surface area contributed by atoms with Gasteiger partial charge in [0, 0.05) is 24.8 Å². The van der Waals surface area contributed by atoms with Crippen molar-refractivity contribution in [3.05, 3.63) is 0 Å². The van der Waals surface area contributed by atoms with E-state index in [1.165, 1.54) is 0 Å². The fraction of sp³-hybridized carbons (Fsp3) is 0.917. The lowest BCUT2D eigenvalue weighted by Crippen LogP contribution is -2.33. The fourth-order valence-corrected chi connectivity index (χ4v) is 2.34. The molecular formula is C12H24N2O2S. The Morgan fingerprint density at radius 1 is 1.41 bits per heavy atom. The lowest BCUT2D eigenvalue weighted by molar-refractivity contribution is -0.121. The van der Waals surface area contributed by atoms with Gasteiger partial charge >= 0.3 is 0 Å². The Hall–Kier alpha value is -0.260. The van der Waals surface area contributed by atoms with Gasteiger partial charge in [0.2, 0.25) is 5.91 Å². The van der Waals surface area contributed by atoms with Crippen LogP contribution in [0.25, 0.3) is 0 Å². The van der Waals surface area contributed by atoms with Gasteiger partial charge in [0.15, 0.2) is 0 Å². The maximum absolute atomic E-state index is 11.3. The molecular weight excluding hydrogens is 236 g/mol. The zero-order valence-corrected chi connectivity index (χ0v) is 11.4. The summed E-state index contributed by atoms with van der Waals surface area (Å²) in [5, 5.41) is 2.86. The third-order valence-electron chi connectivity index (χ3n) is 3.03. The van der Waals surface area contributed by atoms with Crippen LogP contribution in [0.1, 0.15) is 32.1 Å². The fourth-order valence-electron chi connectivity index (χ4n) is 1.95. The summed E-state index contributed by atoms with van der Waals surface area (Å²) in [5.41, 5.74) is 5.82. The number of rotatable bonds is 7. The van der Waals surface area contributed by atoms with Crippen molar-refractivity contribution in [2.24, 2.45) is 5.73 Å². The molecule has 0 atom stereocenters. The Bertz CT molecular complexity index is 219. The van der Waals surface area contributed by atoms with E-state index in [9.17, 15) is 4.79 Å². The summed E-state index contributed by atoms with van der Waals surface area (Å²) in [4.78, 5) is 11.3. The Morgan fingerprint density at radius 2 is 2.12 bits per heavy atom. The number of carbonyl (C=O) groups excluding carboxylic acids is 1. The van der Waals surface area contributed by atoms with E-state index in [4.69, 9.17) is 10.5 Å². The first-order valence-corrected chi connectivity index (χ1v) is 7.74. The standard InChI is InChI=1S/C12H24N2O2S/c1-17-9-6-12(15)14-7-8-16-11-4-2-10(13)3-5-11/h10-11H,2-9,13H2,1H3,(H,14,15). The second-order valence-electron chi connectivity index (χ2n) is 4.50. The highest BCUT2D eigenvalue weighted by Crippen LogP contribution is 2.19. The van der Waals surface area contributed by atoms with Gasteiger partial charge in [0.25, 0.3) is 0 Å². The predicted octanol–water partition coefficient (Wildman–Crippen LogP) is 1.14. The van der Waals surface area contributed by atoms with Gasteiger partial charge in [0.05, 0.1) is 12.7 Å². The van der Waals surface area contributed by atoms with Gasteiger partial charge in [0.1, 0.15) is 0 Å². The van der Waals surface area contributed by atoms with Gasteiger partial charge in [-0.2, -0.15) is 11.8 Å². The number of hydrogen-bond acceptors (Lipinski definition) is 4. The molecule has 5 heteroatoms. The molecule has 1 aliphatic rings. The number of nitrogens with two attached hydrogens (primary N) is 1. The summed E-state index contributed by atoms with van der Waals surface area (Å²) in [7, 11) is 0. The summed E-state index contributed by atoms with van der Waals surface area (Å²) < 4.78 is 5.71. The van der Waals surface area contributed by atoms with Crippen LogP contribution >= 0.6 is 11.8 Å². The van der Waals surface area contributed by atoms with Crippen molar-refractivity contribution < 1.29 is 9.53 Å². The summed E-state index contributed by atoms with van der Waals surface area (Å²) in [6.07, 6.45) is 7.18. The molecule has 1 rings (SSSR count). The molecule has 0 aliphatic heterocycles. The normalized spacial score (nSPS) is 24.6. The van der Waals surface area contributed by atoms with Gasteiger partial charge in [-0.05, 0) is 31.9 Å². The number of nitrogens with one attached hydrogen (secondary N) is 1. The van der Waals surface area contributed by atoms with E-state index in [0.29, 0.717) is 31.7 Å². The molecule has 100 valence electrons. The van der Waals surface area contributed by atoms with Crippen LogP contribution in [-0.2, 0) is 9.53 Å². The van der Waals surface area contributed by atoms with E-state index in [-0.39, 0.29) is 5.91 Å². The van der Waals surface area contributed by atoms with E-state index >= 15 is 0 Å². The molecule has 0 aromatic carbocycles. The summed E-state index contributed by atoms with van der Waals surface area (Å²) >= 11 is 1.69. The van der Waals surface area contributed by atoms with Gasteiger partial charge in [-0.3, -0.25) is 4.79 Å². The Morgan fingerprint density at radius 3 is 2.76 bits per heavy atom. The molecule has 1 saturated carbocycles. The van der Waals surface area contributed by atoms with Crippen LogP contribution in [0.3, 0.4) is 0 Å². The Labute approximate surface area is 108 Å². The van der Waals surface area contributed by atoms with Crippen molar-refractivity contribution in [1.29, 1.82) is 0 Å². The van der Waals surface area contributed by atoms with Crippen LogP contribution in [0.2, 0.25) is 0 Å². The van der Waals surface area contributed by atoms with Crippen molar-refractivity contribution in [3.8, 4) is 0 Å². The molecule has 0 radical (unpaired) electrons. The zero-order chi connectivity index (χ0) is 12.5. The van der Waals surface area contributed by atoms with Gasteiger partial charge in [-0.15, -0.1) is 0 Å². The first kappa shape index (κ1) is 14.8. The highest BCUT2D eigenvalue weighted by Gasteiger charge is 2.18. The molecule has 0 unspecified atom stereocenters. The van der Waals surface area contributed by atoms with E-state index in [2.05, 4.69) is 5.32 Å². The van der Waals surface area contributed by atoms with Crippen molar-refractivity contribution in [2.45, 2.75) is 44.2 Å². The molecule has 4 nitrogen and oxygen atoms in total. The van der Waals surface area contributed by atoms with Crippen molar-refractivity contribution >= 4 is 17.7 Å². The molecule has 0 heterocycles. The topological polar surface area (TPSA) is 64.3 Å². The van der Waals surface area contributed by atoms with Crippen molar-refractivity contribution in [2.75, 3.05) is 25.2 Å². The van der Waals surface area contributed by atoms with Gasteiger partial charge < -0.3 is 15.8 Å². The average Bonchev–Trinajstić information content (AvgIpc) is 2.34. The molecule has 17 heavy (non-hydrogen) atoms. The minimum absolute atomic E-state index is 0.119. The maximum Gasteiger partial charge on any atom is 0.220 e. The average molecular weight is 260 g/mol. The van der Waals surface area contributed by atoms with E-state index < -0.39 is 0 Å². The molecule has 0 spiro atoms. The minimum atomic E-state index is 0.119. The molecule has 0 saturated heterocycles. The summed E-state index contributed by atoms with van der Waals surface area (Å²) in [5.74, 6) is 1.00. The Balaban J connectivity index is 1.95. The zero-order valence-electron chi connectivity index (χ0n) is 10.6. The second-order valence-corrected chi connectivity index (χ2v) is 5.49. The first-order chi connectivity index (χ1) is 8.22. The van der Waals surface area contributed by atoms with Crippen molar-refractivity contribution in [1.82, 2.24) is 5.32 Å². The number of amides is 1. The highest BCUT2D eigenvalue weighted by molar-refractivity contribution is 7.98.